The Kier molecular flexibility index (Phi) is 5.19. The van der Waals surface area contributed by atoms with Gasteiger partial charge < -0.3 is 10.4 Å². The number of carboxylic acids is 1. The van der Waals surface area contributed by atoms with Gasteiger partial charge in [-0.1, -0.05) is 23.7 Å². The molecule has 108 valence electrons. The molecule has 0 saturated heterocycles. The number of anilines is 1. The summed E-state index contributed by atoms with van der Waals surface area (Å²) in [4.78, 5) is 27.2. The Labute approximate surface area is 130 Å². The SMILES string of the molecule is O=C(CSc1ccccc1Cl)Nc1ccc(C(=O)O)cn1. The molecule has 0 atom stereocenters. The Morgan fingerprint density at radius 2 is 2.00 bits per heavy atom. The van der Waals surface area contributed by atoms with E-state index in [2.05, 4.69) is 10.3 Å². The van der Waals surface area contributed by atoms with Crippen LogP contribution in [0.2, 0.25) is 5.02 Å². The molecule has 2 aromatic rings. The molecule has 1 aromatic heterocycles. The molecule has 0 fully saturated rings. The number of halogens is 1. The first-order valence-electron chi connectivity index (χ1n) is 5.93. The number of benzene rings is 1. The van der Waals surface area contributed by atoms with Crippen LogP contribution in [0.25, 0.3) is 0 Å². The summed E-state index contributed by atoms with van der Waals surface area (Å²) in [6, 6.07) is 10.1. The standard InChI is InChI=1S/C14H11ClN2O3S/c15-10-3-1-2-4-11(10)21-8-13(18)17-12-6-5-9(7-16-12)14(19)20/h1-7H,8H2,(H,19,20)(H,16,17,18). The number of aromatic nitrogens is 1. The highest BCUT2D eigenvalue weighted by Gasteiger charge is 2.08. The number of carboxylic acid groups (broad SMARTS) is 1. The Balaban J connectivity index is 1.90. The Morgan fingerprint density at radius 1 is 1.24 bits per heavy atom. The van der Waals surface area contributed by atoms with Gasteiger partial charge in [0.2, 0.25) is 5.91 Å². The molecule has 1 amide bonds. The average molecular weight is 323 g/mol. The van der Waals surface area contributed by atoms with E-state index in [0.717, 1.165) is 4.90 Å². The molecule has 0 spiro atoms. The molecule has 7 heteroatoms. The molecule has 21 heavy (non-hydrogen) atoms. The van der Waals surface area contributed by atoms with Gasteiger partial charge in [-0.3, -0.25) is 4.79 Å². The lowest BCUT2D eigenvalue weighted by Crippen LogP contribution is -2.15. The molecule has 1 aromatic carbocycles. The van der Waals surface area contributed by atoms with Crippen LogP contribution in [0.15, 0.2) is 47.5 Å². The third-order valence-electron chi connectivity index (χ3n) is 2.47. The quantitative estimate of drug-likeness (QED) is 0.827. The number of nitrogens with zero attached hydrogens (tertiary/aromatic N) is 1. The van der Waals surface area contributed by atoms with E-state index in [1.54, 1.807) is 6.07 Å². The summed E-state index contributed by atoms with van der Waals surface area (Å²) in [6.07, 6.45) is 1.19. The third-order valence-corrected chi connectivity index (χ3v) is 3.99. The Morgan fingerprint density at radius 3 is 2.62 bits per heavy atom. The fourth-order valence-electron chi connectivity index (χ4n) is 1.48. The minimum Gasteiger partial charge on any atom is -0.478 e. The van der Waals surface area contributed by atoms with Gasteiger partial charge in [-0.2, -0.15) is 0 Å². The van der Waals surface area contributed by atoms with Crippen molar-refractivity contribution in [1.29, 1.82) is 0 Å². The van der Waals surface area contributed by atoms with Gasteiger partial charge in [-0.05, 0) is 24.3 Å². The van der Waals surface area contributed by atoms with E-state index < -0.39 is 5.97 Å². The third kappa shape index (κ3) is 4.47. The minimum absolute atomic E-state index is 0.0680. The van der Waals surface area contributed by atoms with Crippen molar-refractivity contribution < 1.29 is 14.7 Å². The first-order valence-corrected chi connectivity index (χ1v) is 7.29. The predicted molar refractivity (Wildman–Crippen MR) is 82.0 cm³/mol. The highest BCUT2D eigenvalue weighted by Crippen LogP contribution is 2.26. The zero-order valence-electron chi connectivity index (χ0n) is 10.7. The number of nitrogens with one attached hydrogen (secondary N) is 1. The van der Waals surface area contributed by atoms with Crippen LogP contribution in [0.5, 0.6) is 0 Å². The summed E-state index contributed by atoms with van der Waals surface area (Å²) in [7, 11) is 0. The molecule has 2 N–H and O–H groups in total. The lowest BCUT2D eigenvalue weighted by molar-refractivity contribution is -0.113. The maximum atomic E-state index is 11.8. The second kappa shape index (κ2) is 7.10. The molecule has 5 nitrogen and oxygen atoms in total. The number of thioether (sulfide) groups is 1. The van der Waals surface area contributed by atoms with Gasteiger partial charge in [0, 0.05) is 11.1 Å². The van der Waals surface area contributed by atoms with Crippen LogP contribution in [0, 0.1) is 0 Å². The van der Waals surface area contributed by atoms with Gasteiger partial charge in [-0.25, -0.2) is 9.78 Å². The summed E-state index contributed by atoms with van der Waals surface area (Å²) in [5, 5.41) is 11.9. The number of carbonyl (C=O) groups is 2. The van der Waals surface area contributed by atoms with Crippen LogP contribution in [0.3, 0.4) is 0 Å². The first kappa shape index (κ1) is 15.3. The van der Waals surface area contributed by atoms with E-state index in [9.17, 15) is 9.59 Å². The van der Waals surface area contributed by atoms with E-state index in [1.807, 2.05) is 18.2 Å². The van der Waals surface area contributed by atoms with Crippen molar-refractivity contribution in [2.75, 3.05) is 11.1 Å². The van der Waals surface area contributed by atoms with E-state index in [4.69, 9.17) is 16.7 Å². The van der Waals surface area contributed by atoms with Crippen molar-refractivity contribution >= 4 is 41.1 Å². The Hall–Kier alpha value is -2.05. The van der Waals surface area contributed by atoms with E-state index in [1.165, 1.54) is 30.1 Å². The summed E-state index contributed by atoms with van der Waals surface area (Å²) < 4.78 is 0. The highest BCUT2D eigenvalue weighted by molar-refractivity contribution is 8.00. The number of hydrogen-bond donors (Lipinski definition) is 2. The van der Waals surface area contributed by atoms with Crippen molar-refractivity contribution in [2.24, 2.45) is 0 Å². The number of aromatic carboxylic acids is 1. The zero-order chi connectivity index (χ0) is 15.2. The lowest BCUT2D eigenvalue weighted by atomic mass is 10.3. The topological polar surface area (TPSA) is 79.3 Å². The van der Waals surface area contributed by atoms with Crippen molar-refractivity contribution in [3.63, 3.8) is 0 Å². The largest absolute Gasteiger partial charge is 0.478 e. The second-order valence-corrected chi connectivity index (χ2v) is 5.43. The van der Waals surface area contributed by atoms with E-state index >= 15 is 0 Å². The fraction of sp³-hybridized carbons (Fsp3) is 0.0714. The number of carbonyl (C=O) groups excluding carboxylic acids is 1. The van der Waals surface area contributed by atoms with Crippen molar-refractivity contribution in [3.05, 3.63) is 53.2 Å². The molecule has 0 radical (unpaired) electrons. The maximum absolute atomic E-state index is 11.8. The average Bonchev–Trinajstić information content (AvgIpc) is 2.47. The first-order chi connectivity index (χ1) is 10.1. The minimum atomic E-state index is -1.06. The van der Waals surface area contributed by atoms with Gasteiger partial charge in [-0.15, -0.1) is 11.8 Å². The summed E-state index contributed by atoms with van der Waals surface area (Å²) in [6.45, 7) is 0. The Bertz CT molecular complexity index is 662. The van der Waals surface area contributed by atoms with Gasteiger partial charge >= 0.3 is 5.97 Å². The van der Waals surface area contributed by atoms with Crippen molar-refractivity contribution in [1.82, 2.24) is 4.98 Å². The van der Waals surface area contributed by atoms with Crippen LogP contribution < -0.4 is 5.32 Å². The van der Waals surface area contributed by atoms with E-state index in [-0.39, 0.29) is 17.2 Å². The smallest absolute Gasteiger partial charge is 0.337 e. The van der Waals surface area contributed by atoms with Crippen LogP contribution in [0.1, 0.15) is 10.4 Å². The van der Waals surface area contributed by atoms with Crippen LogP contribution in [0.4, 0.5) is 5.82 Å². The predicted octanol–water partition coefficient (Wildman–Crippen LogP) is 3.16. The summed E-state index contributed by atoms with van der Waals surface area (Å²) in [5.41, 5.74) is 0.0680. The van der Waals surface area contributed by atoms with E-state index in [0.29, 0.717) is 10.8 Å². The van der Waals surface area contributed by atoms with Crippen molar-refractivity contribution in [3.8, 4) is 0 Å². The van der Waals surface area contributed by atoms with Crippen LogP contribution >= 0.6 is 23.4 Å². The summed E-state index contributed by atoms with van der Waals surface area (Å²) in [5.74, 6) is -0.804. The molecule has 0 saturated carbocycles. The molecule has 0 aliphatic heterocycles. The van der Waals surface area contributed by atoms with Gasteiger partial charge in [0.15, 0.2) is 0 Å². The zero-order valence-corrected chi connectivity index (χ0v) is 12.3. The molecule has 2 rings (SSSR count). The molecule has 0 unspecified atom stereocenters. The monoisotopic (exact) mass is 322 g/mol. The highest BCUT2D eigenvalue weighted by atomic mass is 35.5. The molecule has 0 bridgehead atoms. The van der Waals surface area contributed by atoms with Crippen LogP contribution in [-0.4, -0.2) is 27.7 Å². The molecule has 1 heterocycles. The van der Waals surface area contributed by atoms with Gasteiger partial charge in [0.25, 0.3) is 0 Å². The fourth-order valence-corrected chi connectivity index (χ4v) is 2.52. The van der Waals surface area contributed by atoms with Gasteiger partial charge in [0.1, 0.15) is 5.82 Å². The number of amides is 1. The molecular formula is C14H11ClN2O3S. The number of pyridine rings is 1. The van der Waals surface area contributed by atoms with Gasteiger partial charge in [0.05, 0.1) is 16.3 Å². The molecule has 0 aliphatic rings. The number of hydrogen-bond acceptors (Lipinski definition) is 4. The maximum Gasteiger partial charge on any atom is 0.337 e. The summed E-state index contributed by atoms with van der Waals surface area (Å²) >= 11 is 7.31. The molecule has 0 aliphatic carbocycles. The van der Waals surface area contributed by atoms with Crippen molar-refractivity contribution in [2.45, 2.75) is 4.90 Å². The lowest BCUT2D eigenvalue weighted by Gasteiger charge is -2.05. The normalized spacial score (nSPS) is 10.1. The molecular weight excluding hydrogens is 312 g/mol. The number of rotatable bonds is 5. The second-order valence-electron chi connectivity index (χ2n) is 4.00. The van der Waals surface area contributed by atoms with Crippen LogP contribution in [-0.2, 0) is 4.79 Å².